The average molecular weight is 229 g/mol. The van der Waals surface area contributed by atoms with E-state index < -0.39 is 0 Å². The summed E-state index contributed by atoms with van der Waals surface area (Å²) in [6, 6.07) is 0. The number of nitrogens with two attached hydrogens (primary N) is 1. The highest BCUT2D eigenvalue weighted by molar-refractivity contribution is 5.77. The number of rotatable bonds is 6. The van der Waals surface area contributed by atoms with Gasteiger partial charge in [-0.05, 0) is 19.3 Å². The third kappa shape index (κ3) is 5.32. The molecule has 0 unspecified atom stereocenters. The van der Waals surface area contributed by atoms with Gasteiger partial charge in [0.25, 0.3) is 0 Å². The maximum atomic E-state index is 5.65. The molecule has 1 rings (SSSR count). The van der Waals surface area contributed by atoms with Gasteiger partial charge in [0.1, 0.15) is 0 Å². The summed E-state index contributed by atoms with van der Waals surface area (Å²) in [5.41, 5.74) is 5.65. The van der Waals surface area contributed by atoms with E-state index in [-0.39, 0.29) is 0 Å². The molecule has 2 N–H and O–H groups in total. The van der Waals surface area contributed by atoms with Crippen molar-refractivity contribution >= 4 is 5.96 Å². The molecule has 0 aromatic heterocycles. The fourth-order valence-electron chi connectivity index (χ4n) is 1.49. The molecular weight excluding hydrogens is 206 g/mol. The Labute approximate surface area is 97.6 Å². The predicted octanol–water partition coefficient (Wildman–Crippen LogP) is 0.448. The predicted molar refractivity (Wildman–Crippen MR) is 64.6 cm³/mol. The molecule has 0 aromatic carbocycles. The Morgan fingerprint density at radius 3 is 3.00 bits per heavy atom. The maximum Gasteiger partial charge on any atom is 0.190 e. The van der Waals surface area contributed by atoms with E-state index in [4.69, 9.17) is 15.2 Å². The van der Waals surface area contributed by atoms with Crippen LogP contribution in [0.15, 0.2) is 4.99 Å². The van der Waals surface area contributed by atoms with E-state index >= 15 is 0 Å². The summed E-state index contributed by atoms with van der Waals surface area (Å²) < 4.78 is 11.0. The molecule has 0 saturated carbocycles. The molecule has 1 aliphatic rings. The van der Waals surface area contributed by atoms with Crippen LogP contribution in [0.1, 0.15) is 19.3 Å². The van der Waals surface area contributed by atoms with Crippen LogP contribution in [-0.4, -0.2) is 57.4 Å². The van der Waals surface area contributed by atoms with Crippen LogP contribution in [0.4, 0.5) is 0 Å². The summed E-state index contributed by atoms with van der Waals surface area (Å²) in [6.07, 6.45) is 3.51. The molecule has 5 heteroatoms. The molecule has 0 aliphatic carbocycles. The maximum absolute atomic E-state index is 5.65. The Balaban J connectivity index is 1.93. The van der Waals surface area contributed by atoms with Crippen LogP contribution in [0.2, 0.25) is 0 Å². The Hall–Kier alpha value is -0.810. The van der Waals surface area contributed by atoms with Gasteiger partial charge in [-0.15, -0.1) is 0 Å². The monoisotopic (exact) mass is 229 g/mol. The molecule has 0 bridgehead atoms. The number of nitrogens with zero attached hydrogens (tertiary/aromatic N) is 2. The topological polar surface area (TPSA) is 60.1 Å². The van der Waals surface area contributed by atoms with Gasteiger partial charge in [-0.3, -0.25) is 4.99 Å². The van der Waals surface area contributed by atoms with Crippen molar-refractivity contribution in [2.75, 3.05) is 40.5 Å². The zero-order chi connectivity index (χ0) is 11.8. The fraction of sp³-hybridized carbons (Fsp3) is 0.909. The third-order valence-corrected chi connectivity index (χ3v) is 2.51. The highest BCUT2D eigenvalue weighted by Gasteiger charge is 2.14. The number of aliphatic imine (C=N–C) groups is 1. The zero-order valence-electron chi connectivity index (χ0n) is 10.3. The fourth-order valence-corrected chi connectivity index (χ4v) is 1.49. The minimum Gasteiger partial charge on any atom is -0.379 e. The molecule has 1 atom stereocenters. The first-order valence-electron chi connectivity index (χ1n) is 5.86. The number of guanidine groups is 1. The first-order chi connectivity index (χ1) is 7.70. The van der Waals surface area contributed by atoms with Crippen LogP contribution in [0.25, 0.3) is 0 Å². The third-order valence-electron chi connectivity index (χ3n) is 2.51. The van der Waals surface area contributed by atoms with Crippen LogP contribution in [0.3, 0.4) is 0 Å². The highest BCUT2D eigenvalue weighted by atomic mass is 16.5. The summed E-state index contributed by atoms with van der Waals surface area (Å²) in [7, 11) is 3.76. The van der Waals surface area contributed by atoms with Crippen molar-refractivity contribution in [3.8, 4) is 0 Å². The largest absolute Gasteiger partial charge is 0.379 e. The van der Waals surface area contributed by atoms with Crippen LogP contribution in [0.5, 0.6) is 0 Å². The highest BCUT2D eigenvalue weighted by Crippen LogP contribution is 2.11. The van der Waals surface area contributed by atoms with Crippen LogP contribution < -0.4 is 5.73 Å². The zero-order valence-corrected chi connectivity index (χ0v) is 10.3. The Morgan fingerprint density at radius 1 is 1.56 bits per heavy atom. The second-order valence-corrected chi connectivity index (χ2v) is 4.20. The Bertz CT molecular complexity index is 213. The van der Waals surface area contributed by atoms with Crippen molar-refractivity contribution in [2.45, 2.75) is 25.4 Å². The molecule has 16 heavy (non-hydrogen) atoms. The van der Waals surface area contributed by atoms with Crippen molar-refractivity contribution < 1.29 is 9.47 Å². The Morgan fingerprint density at radius 2 is 2.38 bits per heavy atom. The van der Waals surface area contributed by atoms with Crippen molar-refractivity contribution in [1.29, 1.82) is 0 Å². The minimum atomic E-state index is 0.315. The quantitative estimate of drug-likeness (QED) is 0.408. The summed E-state index contributed by atoms with van der Waals surface area (Å²) in [6.45, 7) is 3.05. The second kappa shape index (κ2) is 7.46. The van der Waals surface area contributed by atoms with Crippen molar-refractivity contribution in [3.05, 3.63) is 0 Å². The van der Waals surface area contributed by atoms with Gasteiger partial charge in [0.15, 0.2) is 5.96 Å². The molecule has 1 fully saturated rings. The lowest BCUT2D eigenvalue weighted by molar-refractivity contribution is 0.0170. The smallest absolute Gasteiger partial charge is 0.190 e. The summed E-state index contributed by atoms with van der Waals surface area (Å²) in [4.78, 5) is 6.00. The number of ether oxygens (including phenoxy) is 2. The van der Waals surface area contributed by atoms with E-state index in [0.29, 0.717) is 18.7 Å². The van der Waals surface area contributed by atoms with E-state index in [9.17, 15) is 0 Å². The lowest BCUT2D eigenvalue weighted by Gasteiger charge is -2.11. The van der Waals surface area contributed by atoms with Crippen molar-refractivity contribution in [3.63, 3.8) is 0 Å². The van der Waals surface area contributed by atoms with E-state index in [1.165, 1.54) is 0 Å². The second-order valence-electron chi connectivity index (χ2n) is 4.20. The lowest BCUT2D eigenvalue weighted by Crippen LogP contribution is -2.30. The van der Waals surface area contributed by atoms with Crippen LogP contribution >= 0.6 is 0 Å². The molecule has 1 saturated heterocycles. The SMILES string of the molecule is CN(C)C(N)=NCCCOC[C@H]1CCCO1. The van der Waals surface area contributed by atoms with Crippen LogP contribution in [-0.2, 0) is 9.47 Å². The molecule has 1 aliphatic heterocycles. The molecule has 1 heterocycles. The molecule has 5 nitrogen and oxygen atoms in total. The van der Waals surface area contributed by atoms with E-state index in [0.717, 1.165) is 39.0 Å². The molecular formula is C11H23N3O2. The molecule has 0 spiro atoms. The van der Waals surface area contributed by atoms with Gasteiger partial charge >= 0.3 is 0 Å². The van der Waals surface area contributed by atoms with E-state index in [1.807, 2.05) is 14.1 Å². The standard InChI is InChI=1S/C11H23N3O2/c1-14(2)11(12)13-6-4-7-15-9-10-5-3-8-16-10/h10H,3-9H2,1-2H3,(H2,12,13)/t10-/m1/s1. The van der Waals surface area contributed by atoms with Gasteiger partial charge in [0.05, 0.1) is 12.7 Å². The summed E-state index contributed by atoms with van der Waals surface area (Å²) in [5.74, 6) is 0.569. The van der Waals surface area contributed by atoms with Crippen LogP contribution in [0, 0.1) is 0 Å². The average Bonchev–Trinajstić information content (AvgIpc) is 2.75. The summed E-state index contributed by atoms with van der Waals surface area (Å²) >= 11 is 0. The summed E-state index contributed by atoms with van der Waals surface area (Å²) in [5, 5.41) is 0. The van der Waals surface area contributed by atoms with E-state index in [2.05, 4.69) is 4.99 Å². The number of hydrogen-bond donors (Lipinski definition) is 1. The molecule has 0 radical (unpaired) electrons. The van der Waals surface area contributed by atoms with Gasteiger partial charge in [0.2, 0.25) is 0 Å². The van der Waals surface area contributed by atoms with Crippen molar-refractivity contribution in [2.24, 2.45) is 10.7 Å². The number of hydrogen-bond acceptors (Lipinski definition) is 3. The lowest BCUT2D eigenvalue weighted by atomic mass is 10.2. The van der Waals surface area contributed by atoms with Gasteiger partial charge in [-0.1, -0.05) is 0 Å². The minimum absolute atomic E-state index is 0.315. The molecule has 0 amide bonds. The van der Waals surface area contributed by atoms with Gasteiger partial charge in [-0.2, -0.15) is 0 Å². The Kier molecular flexibility index (Phi) is 6.18. The normalized spacial score (nSPS) is 21.4. The first kappa shape index (κ1) is 13.3. The van der Waals surface area contributed by atoms with Crippen molar-refractivity contribution in [1.82, 2.24) is 4.90 Å². The van der Waals surface area contributed by atoms with E-state index in [1.54, 1.807) is 4.90 Å². The van der Waals surface area contributed by atoms with Gasteiger partial charge < -0.3 is 20.1 Å². The van der Waals surface area contributed by atoms with Gasteiger partial charge in [-0.25, -0.2) is 0 Å². The molecule has 0 aromatic rings. The first-order valence-corrected chi connectivity index (χ1v) is 5.86. The molecule has 94 valence electrons. The van der Waals surface area contributed by atoms with Gasteiger partial charge in [0, 0.05) is 33.9 Å².